The molecular weight excluding hydrogens is 482 g/mol. The molecule has 0 saturated heterocycles. The molecule has 0 atom stereocenters. The van der Waals surface area contributed by atoms with E-state index in [1.54, 1.807) is 0 Å². The number of imidazole rings is 1. The molecule has 176 valence electrons. The molecule has 4 rings (SSSR count). The highest BCUT2D eigenvalue weighted by atomic mass is 79.9. The van der Waals surface area contributed by atoms with Gasteiger partial charge in [-0.15, -0.1) is 0 Å². The summed E-state index contributed by atoms with van der Waals surface area (Å²) >= 11 is 3.75. The molecule has 0 aliphatic heterocycles. The quantitative estimate of drug-likeness (QED) is 0.200. The fourth-order valence-electron chi connectivity index (χ4n) is 4.45. The lowest BCUT2D eigenvalue weighted by atomic mass is 10.1. The first-order chi connectivity index (χ1) is 16.7. The minimum atomic E-state index is 0.864. The molecule has 4 heteroatoms. The molecule has 0 amide bonds. The standard InChI is InChI=1S/C30H34BrN3/c1-3-5-21-34-28(23-33(20-4-2)22-26-18-12-13-19-27(26)31)29(24-14-8-6-9-15-24)32-30(34)25-16-10-7-11-17-25/h6-19H,3-5,20-23H2,1-2H3. The molecule has 0 fully saturated rings. The summed E-state index contributed by atoms with van der Waals surface area (Å²) in [7, 11) is 0. The molecule has 0 N–H and O–H groups in total. The second-order valence-electron chi connectivity index (χ2n) is 8.77. The van der Waals surface area contributed by atoms with E-state index in [0.29, 0.717) is 0 Å². The van der Waals surface area contributed by atoms with Crippen LogP contribution in [-0.2, 0) is 19.6 Å². The van der Waals surface area contributed by atoms with E-state index in [1.165, 1.54) is 26.9 Å². The predicted molar refractivity (Wildman–Crippen MR) is 147 cm³/mol. The highest BCUT2D eigenvalue weighted by Crippen LogP contribution is 2.31. The van der Waals surface area contributed by atoms with Gasteiger partial charge in [0.25, 0.3) is 0 Å². The Balaban J connectivity index is 1.80. The minimum Gasteiger partial charge on any atom is -0.326 e. The van der Waals surface area contributed by atoms with Crippen molar-refractivity contribution in [1.82, 2.24) is 14.5 Å². The smallest absolute Gasteiger partial charge is 0.140 e. The molecule has 0 saturated carbocycles. The van der Waals surface area contributed by atoms with Gasteiger partial charge in [-0.2, -0.15) is 0 Å². The van der Waals surface area contributed by atoms with E-state index < -0.39 is 0 Å². The van der Waals surface area contributed by atoms with Crippen LogP contribution in [0, 0.1) is 0 Å². The molecule has 4 aromatic rings. The van der Waals surface area contributed by atoms with Crippen LogP contribution in [0.2, 0.25) is 0 Å². The first-order valence-corrected chi connectivity index (χ1v) is 13.2. The zero-order valence-corrected chi connectivity index (χ0v) is 21.8. The van der Waals surface area contributed by atoms with Crippen molar-refractivity contribution in [2.75, 3.05) is 6.54 Å². The van der Waals surface area contributed by atoms with Crippen molar-refractivity contribution in [3.8, 4) is 22.6 Å². The maximum absolute atomic E-state index is 5.27. The van der Waals surface area contributed by atoms with Gasteiger partial charge in [-0.05, 0) is 31.0 Å². The Morgan fingerprint density at radius 1 is 0.765 bits per heavy atom. The van der Waals surface area contributed by atoms with Crippen LogP contribution < -0.4 is 0 Å². The monoisotopic (exact) mass is 515 g/mol. The predicted octanol–water partition coefficient (Wildman–Crippen LogP) is 8.19. The molecule has 0 spiro atoms. The van der Waals surface area contributed by atoms with E-state index in [4.69, 9.17) is 4.98 Å². The van der Waals surface area contributed by atoms with E-state index >= 15 is 0 Å². The van der Waals surface area contributed by atoms with Crippen molar-refractivity contribution in [2.45, 2.75) is 52.7 Å². The summed E-state index contributed by atoms with van der Waals surface area (Å²) in [5, 5.41) is 0. The van der Waals surface area contributed by atoms with Crippen molar-refractivity contribution in [1.29, 1.82) is 0 Å². The van der Waals surface area contributed by atoms with E-state index in [0.717, 1.165) is 57.0 Å². The van der Waals surface area contributed by atoms with Crippen LogP contribution in [-0.4, -0.2) is 21.0 Å². The summed E-state index contributed by atoms with van der Waals surface area (Å²) in [4.78, 5) is 7.82. The van der Waals surface area contributed by atoms with Gasteiger partial charge in [-0.1, -0.05) is 115 Å². The first-order valence-electron chi connectivity index (χ1n) is 12.4. The van der Waals surface area contributed by atoms with Crippen molar-refractivity contribution in [3.05, 3.63) is 101 Å². The molecule has 3 nitrogen and oxygen atoms in total. The number of hydrogen-bond donors (Lipinski definition) is 0. The van der Waals surface area contributed by atoms with E-state index in [9.17, 15) is 0 Å². The zero-order chi connectivity index (χ0) is 23.8. The molecule has 0 radical (unpaired) electrons. The van der Waals surface area contributed by atoms with Crippen molar-refractivity contribution < 1.29 is 0 Å². The second kappa shape index (κ2) is 12.1. The molecule has 0 unspecified atom stereocenters. The third-order valence-electron chi connectivity index (χ3n) is 6.15. The van der Waals surface area contributed by atoms with Gasteiger partial charge in [-0.3, -0.25) is 4.90 Å². The fraction of sp³-hybridized carbons (Fsp3) is 0.300. The summed E-state index contributed by atoms with van der Waals surface area (Å²) in [5.74, 6) is 1.07. The summed E-state index contributed by atoms with van der Waals surface area (Å²) in [6.07, 6.45) is 3.40. The van der Waals surface area contributed by atoms with Crippen LogP contribution in [0.3, 0.4) is 0 Å². The van der Waals surface area contributed by atoms with Gasteiger partial charge < -0.3 is 4.57 Å². The van der Waals surface area contributed by atoms with Gasteiger partial charge in [-0.25, -0.2) is 4.98 Å². The Morgan fingerprint density at radius 2 is 1.41 bits per heavy atom. The van der Waals surface area contributed by atoms with Gasteiger partial charge in [0.1, 0.15) is 5.82 Å². The molecule has 0 aliphatic carbocycles. The number of benzene rings is 3. The van der Waals surface area contributed by atoms with Crippen molar-refractivity contribution in [2.24, 2.45) is 0 Å². The lowest BCUT2D eigenvalue weighted by Crippen LogP contribution is -2.26. The number of aromatic nitrogens is 2. The summed E-state index contributed by atoms with van der Waals surface area (Å²) in [5.41, 5.74) is 6.08. The molecule has 34 heavy (non-hydrogen) atoms. The Hall–Kier alpha value is -2.69. The minimum absolute atomic E-state index is 0.864. The summed E-state index contributed by atoms with van der Waals surface area (Å²) in [6, 6.07) is 29.8. The number of rotatable bonds is 11. The molecule has 3 aromatic carbocycles. The first kappa shape index (κ1) is 24.4. The summed E-state index contributed by atoms with van der Waals surface area (Å²) in [6.45, 7) is 8.30. The van der Waals surface area contributed by atoms with Crippen LogP contribution in [0.15, 0.2) is 89.4 Å². The summed E-state index contributed by atoms with van der Waals surface area (Å²) < 4.78 is 3.65. The number of unbranched alkanes of at least 4 members (excludes halogenated alkanes) is 1. The van der Waals surface area contributed by atoms with Gasteiger partial charge in [0.2, 0.25) is 0 Å². The Labute approximate surface area is 212 Å². The number of halogens is 1. The topological polar surface area (TPSA) is 21.1 Å². The lowest BCUT2D eigenvalue weighted by molar-refractivity contribution is 0.250. The molecule has 0 bridgehead atoms. The average molecular weight is 517 g/mol. The van der Waals surface area contributed by atoms with E-state index in [1.807, 2.05) is 0 Å². The van der Waals surface area contributed by atoms with Crippen LogP contribution in [0.5, 0.6) is 0 Å². The largest absolute Gasteiger partial charge is 0.326 e. The maximum atomic E-state index is 5.27. The normalized spacial score (nSPS) is 11.3. The number of hydrogen-bond acceptors (Lipinski definition) is 2. The second-order valence-corrected chi connectivity index (χ2v) is 9.62. The van der Waals surface area contributed by atoms with E-state index in [-0.39, 0.29) is 0 Å². The van der Waals surface area contributed by atoms with Crippen LogP contribution in [0.4, 0.5) is 0 Å². The van der Waals surface area contributed by atoms with Gasteiger partial charge in [0, 0.05) is 35.2 Å². The van der Waals surface area contributed by atoms with Crippen molar-refractivity contribution in [3.63, 3.8) is 0 Å². The average Bonchev–Trinajstić information content (AvgIpc) is 3.23. The highest BCUT2D eigenvalue weighted by Gasteiger charge is 2.21. The maximum Gasteiger partial charge on any atom is 0.140 e. The van der Waals surface area contributed by atoms with Crippen LogP contribution >= 0.6 is 15.9 Å². The van der Waals surface area contributed by atoms with Gasteiger partial charge >= 0.3 is 0 Å². The highest BCUT2D eigenvalue weighted by molar-refractivity contribution is 9.10. The zero-order valence-electron chi connectivity index (χ0n) is 20.3. The van der Waals surface area contributed by atoms with Crippen molar-refractivity contribution >= 4 is 15.9 Å². The van der Waals surface area contributed by atoms with E-state index in [2.05, 4.69) is 124 Å². The van der Waals surface area contributed by atoms with Crippen LogP contribution in [0.25, 0.3) is 22.6 Å². The molecule has 1 heterocycles. The molecular formula is C30H34BrN3. The third-order valence-corrected chi connectivity index (χ3v) is 6.93. The molecule has 1 aromatic heterocycles. The SMILES string of the molecule is CCCCn1c(-c2ccccc2)nc(-c2ccccc2)c1CN(CCC)Cc1ccccc1Br. The lowest BCUT2D eigenvalue weighted by Gasteiger charge is -2.24. The molecule has 0 aliphatic rings. The Kier molecular flexibility index (Phi) is 8.73. The number of nitrogens with zero attached hydrogens (tertiary/aromatic N) is 3. The fourth-order valence-corrected chi connectivity index (χ4v) is 4.86. The Bertz CT molecular complexity index is 1170. The van der Waals surface area contributed by atoms with Gasteiger partial charge in [0.15, 0.2) is 0 Å². The third kappa shape index (κ3) is 5.86. The van der Waals surface area contributed by atoms with Crippen LogP contribution in [0.1, 0.15) is 44.4 Å². The Morgan fingerprint density at radius 3 is 2.06 bits per heavy atom. The van der Waals surface area contributed by atoms with Gasteiger partial charge in [0.05, 0.1) is 11.4 Å².